The van der Waals surface area contributed by atoms with Crippen molar-refractivity contribution in [2.24, 2.45) is 0 Å². The van der Waals surface area contributed by atoms with E-state index < -0.39 is 5.41 Å². The normalized spacial score (nSPS) is 14.8. The number of nitrogens with zero attached hydrogens (tertiary/aromatic N) is 3. The van der Waals surface area contributed by atoms with Gasteiger partial charge in [0.25, 0.3) is 0 Å². The van der Waals surface area contributed by atoms with Crippen molar-refractivity contribution in [3.8, 4) is 61.5 Å². The van der Waals surface area contributed by atoms with Crippen LogP contribution in [0.15, 0.2) is 224 Å². The molecule has 5 heterocycles. The van der Waals surface area contributed by atoms with Crippen molar-refractivity contribution in [2.45, 2.75) is 5.41 Å². The summed E-state index contributed by atoms with van der Waals surface area (Å²) in [6.45, 7) is 0. The molecule has 1 aliphatic heterocycles. The molecule has 0 saturated heterocycles. The lowest BCUT2D eigenvalue weighted by atomic mass is 9.65. The molecule has 0 amide bonds. The van der Waals surface area contributed by atoms with E-state index in [0.29, 0.717) is 0 Å². The molecule has 9 aromatic carbocycles. The van der Waals surface area contributed by atoms with Gasteiger partial charge in [-0.15, -0.1) is 0 Å². The van der Waals surface area contributed by atoms with Gasteiger partial charge < -0.3 is 4.57 Å². The van der Waals surface area contributed by atoms with Crippen LogP contribution in [0.5, 0.6) is 0 Å². The van der Waals surface area contributed by atoms with Crippen LogP contribution in [0.1, 0.15) is 22.3 Å². The second-order valence-electron chi connectivity index (χ2n) is 17.8. The monoisotopic (exact) mass is 823 g/mol. The van der Waals surface area contributed by atoms with Gasteiger partial charge in [-0.3, -0.25) is 4.40 Å². The van der Waals surface area contributed by atoms with Crippen LogP contribution in [-0.4, -0.2) is 14.0 Å². The summed E-state index contributed by atoms with van der Waals surface area (Å²) in [4.78, 5) is 5.14. The first-order valence-corrected chi connectivity index (χ1v) is 22.5. The van der Waals surface area contributed by atoms with E-state index in [1.807, 2.05) is 0 Å². The van der Waals surface area contributed by atoms with E-state index in [-0.39, 0.29) is 0 Å². The molecule has 1 atom stereocenters. The van der Waals surface area contributed by atoms with E-state index in [4.69, 9.17) is 4.98 Å². The Hall–Kier alpha value is -8.53. The molecule has 65 heavy (non-hydrogen) atoms. The molecule has 4 aromatic heterocycles. The van der Waals surface area contributed by atoms with Crippen LogP contribution < -0.4 is 0 Å². The zero-order valence-electron chi connectivity index (χ0n) is 35.2. The van der Waals surface area contributed by atoms with Crippen molar-refractivity contribution in [3.05, 3.63) is 247 Å². The predicted octanol–water partition coefficient (Wildman–Crippen LogP) is 15.5. The molecule has 2 aliphatic rings. The van der Waals surface area contributed by atoms with Crippen LogP contribution in [0.25, 0.3) is 111 Å². The summed E-state index contributed by atoms with van der Waals surface area (Å²) in [5.74, 6) is 0. The van der Waals surface area contributed by atoms with Crippen molar-refractivity contribution in [3.63, 3.8) is 0 Å². The Balaban J connectivity index is 0.877. The van der Waals surface area contributed by atoms with Crippen LogP contribution in [0, 0.1) is 0 Å². The predicted molar refractivity (Wildman–Crippen MR) is 268 cm³/mol. The Labute approximate surface area is 375 Å². The van der Waals surface area contributed by atoms with Crippen LogP contribution in [0.2, 0.25) is 0 Å². The highest BCUT2D eigenvalue weighted by molar-refractivity contribution is 6.15. The van der Waals surface area contributed by atoms with Crippen LogP contribution in [-0.2, 0) is 5.41 Å². The van der Waals surface area contributed by atoms with E-state index in [0.717, 1.165) is 22.4 Å². The smallest absolute Gasteiger partial charge is 0.138 e. The first-order valence-electron chi connectivity index (χ1n) is 22.5. The fourth-order valence-corrected chi connectivity index (χ4v) is 12.0. The number of fused-ring (bicyclic) bond motifs is 15. The highest BCUT2D eigenvalue weighted by Crippen LogP contribution is 2.61. The van der Waals surface area contributed by atoms with Gasteiger partial charge in [0.1, 0.15) is 5.65 Å². The van der Waals surface area contributed by atoms with Gasteiger partial charge in [0.05, 0.1) is 38.9 Å². The number of hydrogen-bond acceptors (Lipinski definition) is 1. The standard InChI is InChI=1S/C62H37N3/c1-2-14-38(15-3-1)59-61-50-36-43(31-33-48(50)56-28-13-29-58(63-59)65(56)61)41-18-10-16-39(34-41)40-17-11-19-42(35-40)44-30-32-46-45-20-4-6-23-51(45)62(54(46)37-44)52-24-7-9-27-57(52)64-55-26-8-5-21-47(55)49-22-12-25-53(62)60(49)64/h1-37H. The van der Waals surface area contributed by atoms with Crippen molar-refractivity contribution < 1.29 is 0 Å². The lowest BCUT2D eigenvalue weighted by molar-refractivity contribution is 0.749. The zero-order valence-corrected chi connectivity index (χ0v) is 35.2. The van der Waals surface area contributed by atoms with Crippen molar-refractivity contribution in [2.75, 3.05) is 0 Å². The maximum atomic E-state index is 5.14. The summed E-state index contributed by atoms with van der Waals surface area (Å²) in [5.41, 5.74) is 23.9. The van der Waals surface area contributed by atoms with Crippen LogP contribution in [0.4, 0.5) is 0 Å². The fourth-order valence-electron chi connectivity index (χ4n) is 12.0. The Morgan fingerprint density at radius 3 is 1.72 bits per heavy atom. The summed E-state index contributed by atoms with van der Waals surface area (Å²) < 4.78 is 4.84. The molecule has 13 aromatic rings. The van der Waals surface area contributed by atoms with Crippen molar-refractivity contribution in [1.29, 1.82) is 0 Å². The minimum atomic E-state index is -0.490. The third-order valence-corrected chi connectivity index (χ3v) is 14.7. The maximum absolute atomic E-state index is 5.14. The number of hydrogen-bond donors (Lipinski definition) is 0. The topological polar surface area (TPSA) is 22.2 Å². The van der Waals surface area contributed by atoms with Gasteiger partial charge >= 0.3 is 0 Å². The fraction of sp³-hybridized carbons (Fsp3) is 0.0161. The molecular formula is C62H37N3. The van der Waals surface area contributed by atoms with E-state index in [1.165, 1.54) is 111 Å². The second-order valence-corrected chi connectivity index (χ2v) is 17.8. The van der Waals surface area contributed by atoms with Gasteiger partial charge in [-0.25, -0.2) is 4.98 Å². The van der Waals surface area contributed by atoms with Crippen molar-refractivity contribution in [1.82, 2.24) is 14.0 Å². The molecule has 0 N–H and O–H groups in total. The largest absolute Gasteiger partial charge is 0.309 e. The Morgan fingerprint density at radius 2 is 0.892 bits per heavy atom. The lowest BCUT2D eigenvalue weighted by Crippen LogP contribution is -2.33. The average Bonchev–Trinajstić information content (AvgIpc) is 4.12. The van der Waals surface area contributed by atoms with Gasteiger partial charge in [0.15, 0.2) is 0 Å². The van der Waals surface area contributed by atoms with E-state index in [1.54, 1.807) is 0 Å². The molecule has 1 unspecified atom stereocenters. The molecule has 1 aliphatic carbocycles. The van der Waals surface area contributed by atoms with Gasteiger partial charge in [0.2, 0.25) is 0 Å². The zero-order chi connectivity index (χ0) is 42.4. The first-order chi connectivity index (χ1) is 32.2. The highest BCUT2D eigenvalue weighted by atomic mass is 15.0. The van der Waals surface area contributed by atoms with Gasteiger partial charge in [0, 0.05) is 27.1 Å². The number of para-hydroxylation sites is 3. The minimum absolute atomic E-state index is 0.490. The van der Waals surface area contributed by atoms with E-state index in [2.05, 4.69) is 233 Å². The van der Waals surface area contributed by atoms with Gasteiger partial charge in [-0.1, -0.05) is 176 Å². The van der Waals surface area contributed by atoms with Crippen LogP contribution >= 0.6 is 0 Å². The third kappa shape index (κ3) is 4.56. The Kier molecular flexibility index (Phi) is 6.88. The molecule has 0 saturated carbocycles. The Bertz CT molecular complexity index is 4130. The average molecular weight is 824 g/mol. The van der Waals surface area contributed by atoms with E-state index in [9.17, 15) is 0 Å². The third-order valence-electron chi connectivity index (χ3n) is 14.7. The maximum Gasteiger partial charge on any atom is 0.138 e. The molecule has 3 nitrogen and oxygen atoms in total. The van der Waals surface area contributed by atoms with E-state index >= 15 is 0 Å². The number of aromatic nitrogens is 3. The second kappa shape index (κ2) is 12.8. The van der Waals surface area contributed by atoms with Gasteiger partial charge in [-0.2, -0.15) is 0 Å². The molecule has 1 spiro atoms. The number of pyridine rings is 1. The summed E-state index contributed by atoms with van der Waals surface area (Å²) in [5, 5.41) is 5.05. The lowest BCUT2D eigenvalue weighted by Gasteiger charge is -2.39. The highest BCUT2D eigenvalue weighted by Gasteiger charge is 2.50. The molecule has 300 valence electrons. The van der Waals surface area contributed by atoms with Gasteiger partial charge in [-0.05, 0) is 115 Å². The molecule has 0 fully saturated rings. The first kappa shape index (κ1) is 35.0. The molecule has 0 bridgehead atoms. The molecule has 3 heteroatoms. The summed E-state index contributed by atoms with van der Waals surface area (Å²) >= 11 is 0. The summed E-state index contributed by atoms with van der Waals surface area (Å²) in [7, 11) is 0. The quantitative estimate of drug-likeness (QED) is 0.173. The number of benzene rings is 9. The molecule has 0 radical (unpaired) electrons. The summed E-state index contributed by atoms with van der Waals surface area (Å²) in [6.07, 6.45) is 0. The minimum Gasteiger partial charge on any atom is -0.309 e. The molecular weight excluding hydrogens is 787 g/mol. The SMILES string of the molecule is c1ccc(-c2nc3cccc4c5ccc(-c6cccc(-c7cccc(-c8ccc9c(c8)C8(c%10ccccc%10-9)c9ccccc9-n9c%10ccccc%10c%10cccc8c%109)c7)c6)cc5c2n34)cc1. The van der Waals surface area contributed by atoms with Crippen molar-refractivity contribution >= 4 is 49.3 Å². The van der Waals surface area contributed by atoms with Crippen LogP contribution in [0.3, 0.4) is 0 Å². The Morgan fingerprint density at radius 1 is 0.323 bits per heavy atom. The summed E-state index contributed by atoms with van der Waals surface area (Å²) in [6, 6.07) is 83.3. The number of imidazole rings is 1. The molecule has 15 rings (SSSR count). The number of rotatable bonds is 4.